The Balaban J connectivity index is 2.05. The number of carbonyl (C=O) groups is 2. The molecule has 0 fully saturated rings. The quantitative estimate of drug-likeness (QED) is 0.160. The lowest BCUT2D eigenvalue weighted by molar-refractivity contribution is -0.118. The molecular weight excluding hydrogens is 434 g/mol. The Morgan fingerprint density at radius 1 is 0.857 bits per heavy atom. The van der Waals surface area contributed by atoms with Crippen LogP contribution in [0.2, 0.25) is 0 Å². The molecule has 0 bridgehead atoms. The molecule has 2 rings (SSSR count). The van der Waals surface area contributed by atoms with Crippen molar-refractivity contribution < 1.29 is 14.3 Å². The number of benzene rings is 2. The molecule has 0 unspecified atom stereocenters. The summed E-state index contributed by atoms with van der Waals surface area (Å²) in [6.45, 7) is 4.81. The van der Waals surface area contributed by atoms with Gasteiger partial charge in [-0.15, -0.1) is 0 Å². The van der Waals surface area contributed by atoms with E-state index < -0.39 is 5.97 Å². The molecule has 0 heterocycles. The van der Waals surface area contributed by atoms with E-state index in [1.807, 2.05) is 30.3 Å². The number of methoxy groups -OCH3 is 1. The first-order chi connectivity index (χ1) is 17.1. The smallest absolute Gasteiger partial charge is 0.337 e. The molecule has 4 nitrogen and oxygen atoms in total. The van der Waals surface area contributed by atoms with Gasteiger partial charge in [0.1, 0.15) is 0 Å². The van der Waals surface area contributed by atoms with Crippen molar-refractivity contribution in [2.75, 3.05) is 12.0 Å². The summed E-state index contributed by atoms with van der Waals surface area (Å²) >= 11 is 0. The zero-order chi connectivity index (χ0) is 25.3. The number of unbranched alkanes of at least 4 members (excludes halogenated alkanes) is 8. The van der Waals surface area contributed by atoms with Gasteiger partial charge in [-0.2, -0.15) is 0 Å². The molecule has 188 valence electrons. The first-order valence-electron chi connectivity index (χ1n) is 13.2. The predicted molar refractivity (Wildman–Crippen MR) is 144 cm³/mol. The molecule has 2 aromatic carbocycles. The van der Waals surface area contributed by atoms with E-state index in [9.17, 15) is 9.59 Å². The van der Waals surface area contributed by atoms with Gasteiger partial charge in [0.15, 0.2) is 0 Å². The largest absolute Gasteiger partial charge is 0.465 e. The Labute approximate surface area is 212 Å². The molecule has 0 aliphatic rings. The third-order valence-electron chi connectivity index (χ3n) is 6.06. The Morgan fingerprint density at radius 2 is 1.54 bits per heavy atom. The Kier molecular flexibility index (Phi) is 13.3. The lowest BCUT2D eigenvalue weighted by atomic mass is 10.1. The minimum absolute atomic E-state index is 0.0586. The zero-order valence-electron chi connectivity index (χ0n) is 21.8. The van der Waals surface area contributed by atoms with E-state index in [1.54, 1.807) is 23.1 Å². The van der Waals surface area contributed by atoms with Gasteiger partial charge in [0, 0.05) is 24.1 Å². The average Bonchev–Trinajstić information content (AvgIpc) is 2.89. The van der Waals surface area contributed by atoms with Crippen molar-refractivity contribution in [3.05, 3.63) is 65.2 Å². The molecule has 0 radical (unpaired) electrons. The number of hydrogen-bond donors (Lipinski definition) is 0. The molecule has 0 spiro atoms. The van der Waals surface area contributed by atoms with Crippen LogP contribution in [0.3, 0.4) is 0 Å². The third kappa shape index (κ3) is 10.4. The number of esters is 1. The van der Waals surface area contributed by atoms with Crippen LogP contribution in [0.5, 0.6) is 0 Å². The second-order valence-electron chi connectivity index (χ2n) is 9.00. The standard InChI is InChI=1S/C31H41NO3/c1-4-6-8-9-10-11-12-14-16-26-20-22-27(23-21-26)25-32(30(33)19-13-7-5-2)29-18-15-17-28(24-29)31(34)35-3/h15,17-18,20-24H,4-13,19,25H2,1-3H3. The van der Waals surface area contributed by atoms with Gasteiger partial charge < -0.3 is 9.64 Å². The zero-order valence-corrected chi connectivity index (χ0v) is 21.8. The normalized spacial score (nSPS) is 10.4. The number of anilines is 1. The minimum Gasteiger partial charge on any atom is -0.465 e. The van der Waals surface area contributed by atoms with E-state index >= 15 is 0 Å². The molecule has 0 aliphatic heterocycles. The molecular formula is C31H41NO3. The second-order valence-corrected chi connectivity index (χ2v) is 9.00. The summed E-state index contributed by atoms with van der Waals surface area (Å²) in [5, 5.41) is 0. The first-order valence-corrected chi connectivity index (χ1v) is 13.2. The average molecular weight is 476 g/mol. The van der Waals surface area contributed by atoms with Crippen molar-refractivity contribution in [3.8, 4) is 11.8 Å². The van der Waals surface area contributed by atoms with Gasteiger partial charge >= 0.3 is 5.97 Å². The van der Waals surface area contributed by atoms with Gasteiger partial charge in [-0.1, -0.05) is 88.8 Å². The van der Waals surface area contributed by atoms with Crippen LogP contribution < -0.4 is 4.90 Å². The van der Waals surface area contributed by atoms with Gasteiger partial charge in [-0.25, -0.2) is 4.79 Å². The monoisotopic (exact) mass is 475 g/mol. The van der Waals surface area contributed by atoms with Gasteiger partial charge in [0.05, 0.1) is 19.2 Å². The Bertz CT molecular complexity index is 969. The van der Waals surface area contributed by atoms with Gasteiger partial charge in [-0.3, -0.25) is 4.79 Å². The van der Waals surface area contributed by atoms with E-state index in [-0.39, 0.29) is 5.91 Å². The maximum absolute atomic E-state index is 13.1. The lowest BCUT2D eigenvalue weighted by Gasteiger charge is -2.24. The van der Waals surface area contributed by atoms with E-state index in [4.69, 9.17) is 4.74 Å². The topological polar surface area (TPSA) is 46.6 Å². The number of hydrogen-bond acceptors (Lipinski definition) is 3. The first kappa shape index (κ1) is 28.2. The van der Waals surface area contributed by atoms with Crippen molar-refractivity contribution in [1.29, 1.82) is 0 Å². The van der Waals surface area contributed by atoms with E-state index in [0.29, 0.717) is 24.2 Å². The Hall–Kier alpha value is -3.06. The van der Waals surface area contributed by atoms with Crippen molar-refractivity contribution in [2.24, 2.45) is 0 Å². The molecule has 0 aromatic heterocycles. The summed E-state index contributed by atoms with van der Waals surface area (Å²) in [5.74, 6) is 6.20. The van der Waals surface area contributed by atoms with Gasteiger partial charge in [0.2, 0.25) is 5.91 Å². The van der Waals surface area contributed by atoms with Crippen molar-refractivity contribution in [2.45, 2.75) is 91.0 Å². The van der Waals surface area contributed by atoms with E-state index in [0.717, 1.165) is 43.2 Å². The molecule has 0 atom stereocenters. The maximum Gasteiger partial charge on any atom is 0.337 e. The summed E-state index contributed by atoms with van der Waals surface area (Å²) < 4.78 is 4.86. The molecule has 1 amide bonds. The highest BCUT2D eigenvalue weighted by Crippen LogP contribution is 2.22. The van der Waals surface area contributed by atoms with Crippen molar-refractivity contribution >= 4 is 17.6 Å². The second kappa shape index (κ2) is 16.5. The van der Waals surface area contributed by atoms with Gasteiger partial charge in [-0.05, 0) is 48.7 Å². The van der Waals surface area contributed by atoms with Gasteiger partial charge in [0.25, 0.3) is 0 Å². The molecule has 0 aliphatic carbocycles. The van der Waals surface area contributed by atoms with Crippen LogP contribution in [-0.2, 0) is 16.1 Å². The van der Waals surface area contributed by atoms with Crippen LogP contribution >= 0.6 is 0 Å². The predicted octanol–water partition coefficient (Wildman–Crippen LogP) is 7.69. The molecule has 0 N–H and O–H groups in total. The van der Waals surface area contributed by atoms with Crippen molar-refractivity contribution in [1.82, 2.24) is 0 Å². The highest BCUT2D eigenvalue weighted by atomic mass is 16.5. The van der Waals surface area contributed by atoms with Crippen LogP contribution in [0.15, 0.2) is 48.5 Å². The summed E-state index contributed by atoms with van der Waals surface area (Å²) in [7, 11) is 1.36. The number of carbonyl (C=O) groups excluding carboxylic acids is 2. The maximum atomic E-state index is 13.1. The number of nitrogens with zero attached hydrogens (tertiary/aromatic N) is 1. The summed E-state index contributed by atoms with van der Waals surface area (Å²) in [4.78, 5) is 26.9. The number of rotatable bonds is 14. The SMILES string of the molecule is CCCCCCCCC#Cc1ccc(CN(C(=O)CCCCC)c2cccc(C(=O)OC)c2)cc1. The van der Waals surface area contributed by atoms with Crippen molar-refractivity contribution in [3.63, 3.8) is 0 Å². The fraction of sp³-hybridized carbons (Fsp3) is 0.484. The van der Waals surface area contributed by atoms with Crippen LogP contribution in [-0.4, -0.2) is 19.0 Å². The van der Waals surface area contributed by atoms with Crippen LogP contribution in [0.4, 0.5) is 5.69 Å². The van der Waals surface area contributed by atoms with Crippen LogP contribution in [0, 0.1) is 11.8 Å². The molecule has 0 saturated carbocycles. The fourth-order valence-corrected chi connectivity index (χ4v) is 3.94. The lowest BCUT2D eigenvalue weighted by Crippen LogP contribution is -2.30. The highest BCUT2D eigenvalue weighted by Gasteiger charge is 2.18. The molecule has 4 heteroatoms. The minimum atomic E-state index is -0.408. The molecule has 0 saturated heterocycles. The third-order valence-corrected chi connectivity index (χ3v) is 6.06. The summed E-state index contributed by atoms with van der Waals surface area (Å²) in [6.07, 6.45) is 12.0. The number of amides is 1. The molecule has 2 aromatic rings. The van der Waals surface area contributed by atoms with E-state index in [2.05, 4.69) is 25.7 Å². The summed E-state index contributed by atoms with van der Waals surface area (Å²) in [6, 6.07) is 15.2. The summed E-state index contributed by atoms with van der Waals surface area (Å²) in [5.41, 5.74) is 3.16. The fourth-order valence-electron chi connectivity index (χ4n) is 3.94. The Morgan fingerprint density at radius 3 is 2.26 bits per heavy atom. The van der Waals surface area contributed by atoms with E-state index in [1.165, 1.54) is 39.2 Å². The van der Waals surface area contributed by atoms with Crippen LogP contribution in [0.25, 0.3) is 0 Å². The number of ether oxygens (including phenoxy) is 1. The highest BCUT2D eigenvalue weighted by molar-refractivity contribution is 5.96. The molecule has 35 heavy (non-hydrogen) atoms. The van der Waals surface area contributed by atoms with Crippen LogP contribution in [0.1, 0.15) is 106 Å².